The number of anilines is 1. The number of nitrogens with zero attached hydrogens (tertiary/aromatic N) is 2. The maximum atomic E-state index is 13.1. The van der Waals surface area contributed by atoms with Crippen LogP contribution in [0.5, 0.6) is 0 Å². The van der Waals surface area contributed by atoms with Gasteiger partial charge in [-0.3, -0.25) is 14.5 Å². The summed E-state index contributed by atoms with van der Waals surface area (Å²) in [7, 11) is 1.25. The highest BCUT2D eigenvalue weighted by molar-refractivity contribution is 6.51. The monoisotopic (exact) mass is 439 g/mol. The number of ether oxygens (including phenoxy) is 1. The third-order valence-electron chi connectivity index (χ3n) is 5.40. The lowest BCUT2D eigenvalue weighted by molar-refractivity contribution is -0.132. The summed E-state index contributed by atoms with van der Waals surface area (Å²) in [6.45, 7) is 6.61. The second kappa shape index (κ2) is 7.56. The van der Waals surface area contributed by atoms with E-state index in [9.17, 15) is 19.5 Å². The van der Waals surface area contributed by atoms with E-state index in [1.165, 1.54) is 13.2 Å². The fraction of sp³-hybridized carbons (Fsp3) is 0.273. The van der Waals surface area contributed by atoms with Crippen molar-refractivity contribution in [2.45, 2.75) is 33.7 Å². The van der Waals surface area contributed by atoms with E-state index in [4.69, 9.17) is 13.7 Å². The minimum Gasteiger partial charge on any atom is -0.505 e. The molecule has 4 rings (SSSR count). The molecule has 3 aromatic heterocycles. The van der Waals surface area contributed by atoms with Crippen LogP contribution in [0.15, 0.2) is 32.7 Å². The van der Waals surface area contributed by atoms with E-state index in [0.717, 1.165) is 4.90 Å². The van der Waals surface area contributed by atoms with Gasteiger partial charge in [0, 0.05) is 11.8 Å². The molecule has 0 bridgehead atoms. The quantitative estimate of drug-likeness (QED) is 0.273. The van der Waals surface area contributed by atoms with Crippen LogP contribution in [0.4, 0.5) is 5.82 Å². The van der Waals surface area contributed by atoms with Crippen molar-refractivity contribution in [1.29, 1.82) is 0 Å². The molecule has 1 unspecified atom stereocenters. The zero-order chi connectivity index (χ0) is 23.3. The first-order valence-corrected chi connectivity index (χ1v) is 9.74. The second-order valence-electron chi connectivity index (χ2n) is 7.53. The molecule has 0 aromatic carbocycles. The number of methoxy groups -OCH3 is 1. The lowest BCUT2D eigenvalue weighted by Crippen LogP contribution is -2.29. The van der Waals surface area contributed by atoms with Gasteiger partial charge in [-0.05, 0) is 45.4 Å². The van der Waals surface area contributed by atoms with E-state index in [1.54, 1.807) is 39.8 Å². The molecule has 10 nitrogen and oxygen atoms in total. The fourth-order valence-corrected chi connectivity index (χ4v) is 3.93. The number of ketones is 1. The summed E-state index contributed by atoms with van der Waals surface area (Å²) in [5, 5.41) is 15.1. The molecule has 1 fully saturated rings. The minimum absolute atomic E-state index is 0.109. The number of aliphatic hydroxyl groups is 1. The van der Waals surface area contributed by atoms with Crippen LogP contribution < -0.4 is 4.90 Å². The van der Waals surface area contributed by atoms with Crippen LogP contribution in [-0.2, 0) is 14.3 Å². The molecule has 1 amide bonds. The Labute approximate surface area is 182 Å². The van der Waals surface area contributed by atoms with Crippen molar-refractivity contribution in [3.05, 3.63) is 63.6 Å². The maximum Gasteiger partial charge on any atom is 0.339 e. The summed E-state index contributed by atoms with van der Waals surface area (Å²) in [5.74, 6) is -1.51. The first-order valence-electron chi connectivity index (χ1n) is 9.74. The molecular formula is C22H21N3O7. The number of aromatic nitrogens is 2. The van der Waals surface area contributed by atoms with Crippen LogP contribution in [0.3, 0.4) is 0 Å². The van der Waals surface area contributed by atoms with Gasteiger partial charge < -0.3 is 23.8 Å². The number of amides is 1. The molecule has 166 valence electrons. The Bertz CT molecular complexity index is 1290. The van der Waals surface area contributed by atoms with E-state index in [0.29, 0.717) is 22.8 Å². The van der Waals surface area contributed by atoms with Gasteiger partial charge in [-0.1, -0.05) is 5.16 Å². The number of furan rings is 1. The number of hydrogen-bond donors (Lipinski definition) is 2. The van der Waals surface area contributed by atoms with Gasteiger partial charge in [0.1, 0.15) is 29.1 Å². The largest absolute Gasteiger partial charge is 0.505 e. The predicted octanol–water partition coefficient (Wildman–Crippen LogP) is 3.24. The van der Waals surface area contributed by atoms with Crippen molar-refractivity contribution >= 4 is 29.2 Å². The van der Waals surface area contributed by atoms with Crippen molar-refractivity contribution in [3.8, 4) is 0 Å². The van der Waals surface area contributed by atoms with Gasteiger partial charge in [0.15, 0.2) is 5.82 Å². The average Bonchev–Trinajstić information content (AvgIpc) is 3.49. The summed E-state index contributed by atoms with van der Waals surface area (Å²) in [5.41, 5.74) is 0.990. The lowest BCUT2D eigenvalue weighted by atomic mass is 9.99. The first kappa shape index (κ1) is 21.2. The standard InChI is InChI=1S/C22H21N3O7/c1-9-6-7-13(31-9)18-16(20(27)21(28)25(18)14-8-10(2)32-24-14)19(26)17-11(3)15(12(4)23-17)22(29)30-5/h6-8,18,23,26H,1-5H3/b19-16+. The van der Waals surface area contributed by atoms with Gasteiger partial charge in [0.2, 0.25) is 0 Å². The summed E-state index contributed by atoms with van der Waals surface area (Å²) >= 11 is 0. The Morgan fingerprint density at radius 1 is 1.19 bits per heavy atom. The SMILES string of the molecule is COC(=O)c1c(C)[nH]c(/C(O)=C2\C(=O)C(=O)N(c3cc(C)on3)C2c2ccc(C)o2)c1C. The second-order valence-corrected chi connectivity index (χ2v) is 7.53. The average molecular weight is 439 g/mol. The predicted molar refractivity (Wildman–Crippen MR) is 111 cm³/mol. The fourth-order valence-electron chi connectivity index (χ4n) is 3.93. The molecule has 0 aliphatic carbocycles. The van der Waals surface area contributed by atoms with E-state index in [2.05, 4.69) is 10.1 Å². The Morgan fingerprint density at radius 3 is 2.47 bits per heavy atom. The number of H-pyrrole nitrogens is 1. The van der Waals surface area contributed by atoms with Gasteiger partial charge in [-0.2, -0.15) is 0 Å². The zero-order valence-electron chi connectivity index (χ0n) is 18.1. The van der Waals surface area contributed by atoms with Crippen LogP contribution in [0.25, 0.3) is 5.76 Å². The Balaban J connectivity index is 1.95. The molecule has 2 N–H and O–H groups in total. The van der Waals surface area contributed by atoms with Crippen molar-refractivity contribution in [2.75, 3.05) is 12.0 Å². The third-order valence-corrected chi connectivity index (χ3v) is 5.40. The van der Waals surface area contributed by atoms with Gasteiger partial charge >= 0.3 is 11.9 Å². The number of nitrogens with one attached hydrogen (secondary N) is 1. The topological polar surface area (TPSA) is 139 Å². The molecular weight excluding hydrogens is 418 g/mol. The highest BCUT2D eigenvalue weighted by Gasteiger charge is 2.50. The highest BCUT2D eigenvalue weighted by Crippen LogP contribution is 2.43. The number of aromatic amines is 1. The van der Waals surface area contributed by atoms with Crippen molar-refractivity contribution in [3.63, 3.8) is 0 Å². The number of hydrogen-bond acceptors (Lipinski definition) is 8. The first-order chi connectivity index (χ1) is 15.1. The van der Waals surface area contributed by atoms with Crippen LogP contribution >= 0.6 is 0 Å². The number of rotatable bonds is 4. The smallest absolute Gasteiger partial charge is 0.339 e. The normalized spacial score (nSPS) is 17.9. The van der Waals surface area contributed by atoms with Gasteiger partial charge in [0.05, 0.1) is 23.9 Å². The van der Waals surface area contributed by atoms with Crippen LogP contribution in [0, 0.1) is 27.7 Å². The molecule has 32 heavy (non-hydrogen) atoms. The summed E-state index contributed by atoms with van der Waals surface area (Å²) < 4.78 is 15.6. The minimum atomic E-state index is -1.09. The summed E-state index contributed by atoms with van der Waals surface area (Å²) in [4.78, 5) is 42.3. The Kier molecular flexibility index (Phi) is 5.00. The molecule has 1 aliphatic rings. The van der Waals surface area contributed by atoms with Crippen LogP contribution in [0.1, 0.15) is 50.6 Å². The lowest BCUT2D eigenvalue weighted by Gasteiger charge is -2.20. The van der Waals surface area contributed by atoms with Gasteiger partial charge in [-0.25, -0.2) is 4.79 Å². The summed E-state index contributed by atoms with van der Waals surface area (Å²) in [6, 6.07) is 3.72. The molecule has 1 atom stereocenters. The number of esters is 1. The summed E-state index contributed by atoms with van der Waals surface area (Å²) in [6.07, 6.45) is 0. The zero-order valence-corrected chi connectivity index (χ0v) is 18.1. The number of aliphatic hydroxyl groups excluding tert-OH is 1. The van der Waals surface area contributed by atoms with E-state index >= 15 is 0 Å². The van der Waals surface area contributed by atoms with Crippen molar-refractivity contribution < 1.29 is 33.2 Å². The molecule has 0 spiro atoms. The molecule has 0 radical (unpaired) electrons. The van der Waals surface area contributed by atoms with E-state index < -0.39 is 29.5 Å². The highest BCUT2D eigenvalue weighted by atomic mass is 16.5. The number of aryl methyl sites for hydroxylation is 3. The number of carbonyl (C=O) groups is 3. The van der Waals surface area contributed by atoms with Gasteiger partial charge in [0.25, 0.3) is 5.78 Å². The molecule has 10 heteroatoms. The number of Topliss-reactive ketones (excluding diaryl/α,β-unsaturated/α-hetero) is 1. The Hall–Kier alpha value is -4.08. The van der Waals surface area contributed by atoms with Crippen molar-refractivity contribution in [1.82, 2.24) is 10.1 Å². The van der Waals surface area contributed by atoms with Crippen molar-refractivity contribution in [2.24, 2.45) is 0 Å². The van der Waals surface area contributed by atoms with E-state index in [-0.39, 0.29) is 28.4 Å². The molecule has 4 heterocycles. The third kappa shape index (κ3) is 3.11. The van der Waals surface area contributed by atoms with E-state index in [1.807, 2.05) is 0 Å². The molecule has 1 saturated heterocycles. The molecule has 0 saturated carbocycles. The maximum absolute atomic E-state index is 13.1. The number of carbonyl (C=O) groups excluding carboxylic acids is 3. The van der Waals surface area contributed by atoms with Crippen LogP contribution in [-0.4, -0.2) is 40.0 Å². The van der Waals surface area contributed by atoms with Crippen LogP contribution in [0.2, 0.25) is 0 Å². The molecule has 3 aromatic rings. The molecule has 1 aliphatic heterocycles. The Morgan fingerprint density at radius 2 is 1.91 bits per heavy atom. The van der Waals surface area contributed by atoms with Gasteiger partial charge in [-0.15, -0.1) is 0 Å².